The second-order valence-corrected chi connectivity index (χ2v) is 5.71. The van der Waals surface area contributed by atoms with Gasteiger partial charge < -0.3 is 5.73 Å². The van der Waals surface area contributed by atoms with Crippen LogP contribution in [-0.4, -0.2) is 4.98 Å². The van der Waals surface area contributed by atoms with Crippen LogP contribution >= 0.6 is 0 Å². The van der Waals surface area contributed by atoms with Crippen molar-refractivity contribution in [3.8, 4) is 0 Å². The van der Waals surface area contributed by atoms with Gasteiger partial charge in [-0.15, -0.1) is 0 Å². The number of nitrogens with two attached hydrogens (primary N) is 1. The van der Waals surface area contributed by atoms with Gasteiger partial charge in [-0.3, -0.25) is 4.98 Å². The maximum Gasteiger partial charge on any atom is 0.146 e. The van der Waals surface area contributed by atoms with E-state index in [1.54, 1.807) is 12.3 Å². The van der Waals surface area contributed by atoms with E-state index in [1.165, 1.54) is 25.5 Å². The van der Waals surface area contributed by atoms with E-state index in [0.717, 1.165) is 25.2 Å². The van der Waals surface area contributed by atoms with Gasteiger partial charge in [-0.1, -0.05) is 12.8 Å². The second-order valence-electron chi connectivity index (χ2n) is 5.71. The molecule has 2 unspecified atom stereocenters. The third-order valence-corrected chi connectivity index (χ3v) is 4.42. The van der Waals surface area contributed by atoms with E-state index in [1.807, 2.05) is 0 Å². The summed E-state index contributed by atoms with van der Waals surface area (Å²) >= 11 is 0. The Kier molecular flexibility index (Phi) is 2.66. The standard InChI is InChI=1S/C14H19FN2/c15-13-9-17-7-5-12(13)14(16)6-1-2-11(8-14)10-3-4-10/h5,7,9-11H,1-4,6,8,16H2. The van der Waals surface area contributed by atoms with Crippen molar-refractivity contribution in [3.63, 3.8) is 0 Å². The first kappa shape index (κ1) is 11.1. The minimum absolute atomic E-state index is 0.244. The van der Waals surface area contributed by atoms with Crippen LogP contribution in [0.2, 0.25) is 0 Å². The van der Waals surface area contributed by atoms with E-state index in [-0.39, 0.29) is 5.82 Å². The van der Waals surface area contributed by atoms with E-state index in [0.29, 0.717) is 11.5 Å². The fourth-order valence-electron chi connectivity index (χ4n) is 3.35. The number of rotatable bonds is 2. The number of hydrogen-bond acceptors (Lipinski definition) is 2. The molecule has 92 valence electrons. The molecule has 0 amide bonds. The van der Waals surface area contributed by atoms with Gasteiger partial charge in [0.25, 0.3) is 0 Å². The molecular weight excluding hydrogens is 215 g/mol. The van der Waals surface area contributed by atoms with Crippen molar-refractivity contribution < 1.29 is 4.39 Å². The summed E-state index contributed by atoms with van der Waals surface area (Å²) in [5, 5.41) is 0. The minimum atomic E-state index is -0.460. The average molecular weight is 234 g/mol. The summed E-state index contributed by atoms with van der Waals surface area (Å²) in [4.78, 5) is 3.81. The van der Waals surface area contributed by atoms with Gasteiger partial charge in [-0.05, 0) is 43.6 Å². The number of pyridine rings is 1. The van der Waals surface area contributed by atoms with Crippen LogP contribution in [0.3, 0.4) is 0 Å². The van der Waals surface area contributed by atoms with Crippen molar-refractivity contribution in [1.82, 2.24) is 4.98 Å². The zero-order chi connectivity index (χ0) is 11.9. The lowest BCUT2D eigenvalue weighted by Crippen LogP contribution is -2.42. The van der Waals surface area contributed by atoms with Crippen LogP contribution in [0, 0.1) is 17.7 Å². The predicted molar refractivity (Wildman–Crippen MR) is 64.7 cm³/mol. The highest BCUT2D eigenvalue weighted by Crippen LogP contribution is 2.48. The summed E-state index contributed by atoms with van der Waals surface area (Å²) in [5.41, 5.74) is 6.67. The van der Waals surface area contributed by atoms with Gasteiger partial charge >= 0.3 is 0 Å². The maximum atomic E-state index is 13.8. The molecule has 2 nitrogen and oxygen atoms in total. The Morgan fingerprint density at radius 1 is 1.29 bits per heavy atom. The molecule has 2 N–H and O–H groups in total. The Bertz CT molecular complexity index is 416. The molecule has 0 aliphatic heterocycles. The molecule has 1 aromatic heterocycles. The molecule has 0 spiro atoms. The molecule has 1 heterocycles. The molecule has 2 atom stereocenters. The third-order valence-electron chi connectivity index (χ3n) is 4.42. The van der Waals surface area contributed by atoms with Gasteiger partial charge in [0.1, 0.15) is 5.82 Å². The van der Waals surface area contributed by atoms with Gasteiger partial charge in [0, 0.05) is 17.3 Å². The van der Waals surface area contributed by atoms with Crippen molar-refractivity contribution in [2.75, 3.05) is 0 Å². The summed E-state index contributed by atoms with van der Waals surface area (Å²) in [6.45, 7) is 0. The van der Waals surface area contributed by atoms with Crippen LogP contribution in [0.25, 0.3) is 0 Å². The zero-order valence-electron chi connectivity index (χ0n) is 10.0. The quantitative estimate of drug-likeness (QED) is 0.854. The summed E-state index contributed by atoms with van der Waals surface area (Å²) in [7, 11) is 0. The Balaban J connectivity index is 1.86. The maximum absolute atomic E-state index is 13.8. The monoisotopic (exact) mass is 234 g/mol. The van der Waals surface area contributed by atoms with Crippen molar-refractivity contribution in [2.45, 2.75) is 44.1 Å². The Morgan fingerprint density at radius 2 is 2.12 bits per heavy atom. The summed E-state index contributed by atoms with van der Waals surface area (Å²) in [5.74, 6) is 1.33. The van der Waals surface area contributed by atoms with Gasteiger partial charge in [0.2, 0.25) is 0 Å². The van der Waals surface area contributed by atoms with E-state index in [9.17, 15) is 4.39 Å². The first-order valence-electron chi connectivity index (χ1n) is 6.58. The third kappa shape index (κ3) is 2.08. The zero-order valence-corrected chi connectivity index (χ0v) is 10.0. The van der Waals surface area contributed by atoms with Gasteiger partial charge in [0.15, 0.2) is 0 Å². The van der Waals surface area contributed by atoms with Gasteiger partial charge in [0.05, 0.1) is 6.20 Å². The van der Waals surface area contributed by atoms with Crippen molar-refractivity contribution >= 4 is 0 Å². The number of halogens is 1. The summed E-state index contributed by atoms with van der Waals surface area (Å²) in [6, 6.07) is 1.75. The summed E-state index contributed by atoms with van der Waals surface area (Å²) < 4.78 is 13.8. The number of nitrogens with zero attached hydrogens (tertiary/aromatic N) is 1. The molecule has 2 aliphatic carbocycles. The van der Waals surface area contributed by atoms with E-state index in [2.05, 4.69) is 4.98 Å². The molecule has 17 heavy (non-hydrogen) atoms. The Hall–Kier alpha value is -0.960. The minimum Gasteiger partial charge on any atom is -0.321 e. The van der Waals surface area contributed by atoms with Crippen LogP contribution in [0.5, 0.6) is 0 Å². The second kappa shape index (κ2) is 4.05. The molecule has 1 aromatic rings. The Morgan fingerprint density at radius 3 is 2.82 bits per heavy atom. The van der Waals surface area contributed by atoms with Crippen molar-refractivity contribution in [3.05, 3.63) is 29.8 Å². The fourth-order valence-corrected chi connectivity index (χ4v) is 3.35. The number of hydrogen-bond donors (Lipinski definition) is 1. The lowest BCUT2D eigenvalue weighted by atomic mass is 9.71. The molecule has 0 aromatic carbocycles. The van der Waals surface area contributed by atoms with Crippen LogP contribution in [0.1, 0.15) is 44.1 Å². The highest BCUT2D eigenvalue weighted by Gasteiger charge is 2.41. The molecule has 0 saturated heterocycles. The van der Waals surface area contributed by atoms with Crippen LogP contribution in [0.15, 0.2) is 18.5 Å². The van der Waals surface area contributed by atoms with Crippen molar-refractivity contribution in [2.24, 2.45) is 17.6 Å². The van der Waals surface area contributed by atoms with Gasteiger partial charge in [-0.25, -0.2) is 4.39 Å². The van der Waals surface area contributed by atoms with Gasteiger partial charge in [-0.2, -0.15) is 0 Å². The largest absolute Gasteiger partial charge is 0.321 e. The molecule has 2 aliphatic rings. The smallest absolute Gasteiger partial charge is 0.146 e. The van der Waals surface area contributed by atoms with Crippen molar-refractivity contribution in [1.29, 1.82) is 0 Å². The van der Waals surface area contributed by atoms with E-state index >= 15 is 0 Å². The first-order valence-corrected chi connectivity index (χ1v) is 6.58. The predicted octanol–water partition coefficient (Wildman–Crippen LogP) is 2.97. The average Bonchev–Trinajstić information content (AvgIpc) is 3.13. The lowest BCUT2D eigenvalue weighted by molar-refractivity contribution is 0.202. The SMILES string of the molecule is NC1(c2ccncc2F)CCCC(C2CC2)C1. The van der Waals surface area contributed by atoms with E-state index in [4.69, 9.17) is 5.73 Å². The molecule has 0 radical (unpaired) electrons. The van der Waals surface area contributed by atoms with Crippen LogP contribution in [-0.2, 0) is 5.54 Å². The number of aromatic nitrogens is 1. The molecule has 3 heteroatoms. The Labute approximate surface area is 101 Å². The highest BCUT2D eigenvalue weighted by atomic mass is 19.1. The van der Waals surface area contributed by atoms with Crippen LogP contribution < -0.4 is 5.73 Å². The lowest BCUT2D eigenvalue weighted by Gasteiger charge is -2.38. The molecule has 2 saturated carbocycles. The molecule has 0 bridgehead atoms. The molecule has 3 rings (SSSR count). The van der Waals surface area contributed by atoms with Crippen LogP contribution in [0.4, 0.5) is 4.39 Å². The molecular formula is C14H19FN2. The van der Waals surface area contributed by atoms with E-state index < -0.39 is 5.54 Å². The summed E-state index contributed by atoms with van der Waals surface area (Å²) in [6.07, 6.45) is 9.86. The normalized spacial score (nSPS) is 33.6. The highest BCUT2D eigenvalue weighted by molar-refractivity contribution is 5.24. The first-order chi connectivity index (χ1) is 8.19. The fraction of sp³-hybridized carbons (Fsp3) is 0.643. The molecule has 2 fully saturated rings. The topological polar surface area (TPSA) is 38.9 Å².